The van der Waals surface area contributed by atoms with Crippen molar-refractivity contribution in [2.24, 2.45) is 28.6 Å². The number of Topliss-reactive ketones (excluding diaryl/α,β-unsaturated/α-hetero) is 1. The van der Waals surface area contributed by atoms with E-state index in [1.165, 1.54) is 0 Å². The first kappa shape index (κ1) is 17.1. The zero-order valence-corrected chi connectivity index (χ0v) is 15.7. The molecule has 4 aliphatic rings. The van der Waals surface area contributed by atoms with Crippen molar-refractivity contribution in [2.75, 3.05) is 0 Å². The van der Waals surface area contributed by atoms with Gasteiger partial charge in [0.15, 0.2) is 5.78 Å². The second kappa shape index (κ2) is 5.08. The summed E-state index contributed by atoms with van der Waals surface area (Å²) in [7, 11) is 0. The molecule has 3 nitrogen and oxygen atoms in total. The predicted molar refractivity (Wildman–Crippen MR) is 93.5 cm³/mol. The Kier molecular flexibility index (Phi) is 3.61. The number of aliphatic hydroxyl groups excluding tert-OH is 1. The Labute approximate surface area is 149 Å². The average Bonchev–Trinajstić information content (AvgIpc) is 2.74. The van der Waals surface area contributed by atoms with Gasteiger partial charge in [-0.3, -0.25) is 4.79 Å². The topological polar surface area (TPSA) is 57.5 Å². The Morgan fingerprint density at radius 2 is 1.75 bits per heavy atom. The molecular formula is C20H29ClO3. The van der Waals surface area contributed by atoms with Gasteiger partial charge in [-0.2, -0.15) is 0 Å². The fourth-order valence-electron chi connectivity index (χ4n) is 6.96. The molecule has 4 rings (SSSR count). The second-order valence-corrected chi connectivity index (χ2v) is 9.84. The minimum atomic E-state index is -0.610. The van der Waals surface area contributed by atoms with Gasteiger partial charge in [0.2, 0.25) is 0 Å². The third-order valence-electron chi connectivity index (χ3n) is 8.61. The molecule has 4 aliphatic carbocycles. The van der Waals surface area contributed by atoms with Gasteiger partial charge in [0.1, 0.15) is 0 Å². The van der Waals surface area contributed by atoms with Crippen molar-refractivity contribution < 1.29 is 15.0 Å². The van der Waals surface area contributed by atoms with Crippen LogP contribution in [0.3, 0.4) is 0 Å². The number of halogens is 1. The molecule has 0 amide bonds. The van der Waals surface area contributed by atoms with Crippen LogP contribution in [-0.2, 0) is 4.79 Å². The first-order valence-electron chi connectivity index (χ1n) is 9.45. The van der Waals surface area contributed by atoms with Gasteiger partial charge in [0, 0.05) is 6.42 Å². The highest BCUT2D eigenvalue weighted by atomic mass is 35.5. The van der Waals surface area contributed by atoms with Gasteiger partial charge >= 0.3 is 0 Å². The van der Waals surface area contributed by atoms with Gasteiger partial charge in [0.05, 0.1) is 16.7 Å². The maximum atomic E-state index is 12.1. The summed E-state index contributed by atoms with van der Waals surface area (Å²) >= 11 is 6.37. The molecule has 0 aromatic heterocycles. The van der Waals surface area contributed by atoms with E-state index >= 15 is 0 Å². The minimum absolute atomic E-state index is 0.00825. The van der Waals surface area contributed by atoms with Crippen LogP contribution in [0.4, 0.5) is 0 Å². The van der Waals surface area contributed by atoms with E-state index in [2.05, 4.69) is 13.8 Å². The van der Waals surface area contributed by atoms with Gasteiger partial charge in [-0.15, -0.1) is 0 Å². The molecule has 0 saturated heterocycles. The summed E-state index contributed by atoms with van der Waals surface area (Å²) in [5.74, 6) is 1.32. The lowest BCUT2D eigenvalue weighted by atomic mass is 9.46. The molecule has 0 aliphatic heterocycles. The molecule has 0 heterocycles. The molecule has 2 N–H and O–H groups in total. The van der Waals surface area contributed by atoms with Crippen molar-refractivity contribution in [1.29, 1.82) is 0 Å². The molecule has 0 bridgehead atoms. The number of carbonyl (C=O) groups excluding carboxylic acids is 1. The summed E-state index contributed by atoms with van der Waals surface area (Å²) in [5, 5.41) is 22.1. The highest BCUT2D eigenvalue weighted by Gasteiger charge is 2.63. The van der Waals surface area contributed by atoms with Crippen LogP contribution in [0.25, 0.3) is 0 Å². The van der Waals surface area contributed by atoms with E-state index in [0.29, 0.717) is 35.6 Å². The van der Waals surface area contributed by atoms with Gasteiger partial charge in [-0.1, -0.05) is 25.4 Å². The molecule has 3 fully saturated rings. The van der Waals surface area contributed by atoms with Crippen molar-refractivity contribution in [3.63, 3.8) is 0 Å². The van der Waals surface area contributed by atoms with E-state index < -0.39 is 11.7 Å². The SMILES string of the molecule is C[C@]12CCC(=O)C(Cl)=C1[C@H](O)C[C@@H]1[C@@H]2CC[C@@]2(C)[C@H]1CC[C@]2(C)O. The molecule has 4 heteroatoms. The van der Waals surface area contributed by atoms with Crippen LogP contribution in [0, 0.1) is 28.6 Å². The largest absolute Gasteiger partial charge is 0.390 e. The van der Waals surface area contributed by atoms with Crippen LogP contribution >= 0.6 is 11.6 Å². The Hall–Kier alpha value is -0.380. The van der Waals surface area contributed by atoms with Gasteiger partial charge in [-0.25, -0.2) is 0 Å². The zero-order chi connectivity index (χ0) is 17.5. The van der Waals surface area contributed by atoms with E-state index in [1.54, 1.807) is 0 Å². The number of hydrogen-bond donors (Lipinski definition) is 2. The second-order valence-electron chi connectivity index (χ2n) is 9.47. The Balaban J connectivity index is 1.77. The van der Waals surface area contributed by atoms with Crippen LogP contribution < -0.4 is 0 Å². The smallest absolute Gasteiger partial charge is 0.174 e. The molecule has 0 spiro atoms. The van der Waals surface area contributed by atoms with E-state index in [9.17, 15) is 15.0 Å². The number of fused-ring (bicyclic) bond motifs is 5. The minimum Gasteiger partial charge on any atom is -0.390 e. The molecule has 0 unspecified atom stereocenters. The molecule has 134 valence electrons. The molecule has 24 heavy (non-hydrogen) atoms. The van der Waals surface area contributed by atoms with Crippen molar-refractivity contribution in [3.05, 3.63) is 10.6 Å². The number of rotatable bonds is 0. The number of ketones is 1. The highest BCUT2D eigenvalue weighted by molar-refractivity contribution is 6.43. The Morgan fingerprint density at radius 1 is 1.08 bits per heavy atom. The lowest BCUT2D eigenvalue weighted by Gasteiger charge is -2.60. The summed E-state index contributed by atoms with van der Waals surface area (Å²) in [5.41, 5.74) is -0.0109. The summed E-state index contributed by atoms with van der Waals surface area (Å²) in [6.45, 7) is 6.46. The van der Waals surface area contributed by atoms with Crippen LogP contribution in [0.2, 0.25) is 0 Å². The number of carbonyl (C=O) groups is 1. The first-order valence-corrected chi connectivity index (χ1v) is 9.83. The fourth-order valence-corrected chi connectivity index (χ4v) is 7.39. The third kappa shape index (κ3) is 1.95. The van der Waals surface area contributed by atoms with Crippen molar-refractivity contribution in [3.8, 4) is 0 Å². The summed E-state index contributed by atoms with van der Waals surface area (Å²) in [6.07, 6.45) is 5.35. The predicted octanol–water partition coefficient (Wildman–Crippen LogP) is 3.81. The van der Waals surface area contributed by atoms with Gasteiger partial charge in [-0.05, 0) is 79.6 Å². The molecule has 7 atom stereocenters. The van der Waals surface area contributed by atoms with Gasteiger partial charge in [0.25, 0.3) is 0 Å². The summed E-state index contributed by atoms with van der Waals surface area (Å²) in [6, 6.07) is 0. The molecule has 3 saturated carbocycles. The Morgan fingerprint density at radius 3 is 2.46 bits per heavy atom. The fraction of sp³-hybridized carbons (Fsp3) is 0.850. The van der Waals surface area contributed by atoms with Crippen molar-refractivity contribution in [1.82, 2.24) is 0 Å². The molecule has 0 radical (unpaired) electrons. The number of hydrogen-bond acceptors (Lipinski definition) is 3. The lowest BCUT2D eigenvalue weighted by molar-refractivity contribution is -0.132. The molecular weight excluding hydrogens is 324 g/mol. The monoisotopic (exact) mass is 352 g/mol. The Bertz CT molecular complexity index is 624. The third-order valence-corrected chi connectivity index (χ3v) is 9.03. The van der Waals surface area contributed by atoms with Crippen LogP contribution in [0.1, 0.15) is 65.7 Å². The van der Waals surface area contributed by atoms with Crippen molar-refractivity contribution >= 4 is 17.4 Å². The maximum absolute atomic E-state index is 12.1. The highest BCUT2D eigenvalue weighted by Crippen LogP contribution is 2.67. The average molecular weight is 353 g/mol. The van der Waals surface area contributed by atoms with Crippen LogP contribution in [-0.4, -0.2) is 27.7 Å². The van der Waals surface area contributed by atoms with Crippen LogP contribution in [0.5, 0.6) is 0 Å². The maximum Gasteiger partial charge on any atom is 0.174 e. The van der Waals surface area contributed by atoms with Crippen molar-refractivity contribution in [2.45, 2.75) is 77.4 Å². The lowest BCUT2D eigenvalue weighted by Crippen LogP contribution is -2.56. The molecule has 0 aromatic carbocycles. The van der Waals surface area contributed by atoms with E-state index in [0.717, 1.165) is 37.7 Å². The first-order chi connectivity index (χ1) is 11.1. The summed E-state index contributed by atoms with van der Waals surface area (Å²) < 4.78 is 0. The van der Waals surface area contributed by atoms with Crippen LogP contribution in [0.15, 0.2) is 10.6 Å². The zero-order valence-electron chi connectivity index (χ0n) is 14.9. The van der Waals surface area contributed by atoms with E-state index in [-0.39, 0.29) is 16.6 Å². The van der Waals surface area contributed by atoms with E-state index in [4.69, 9.17) is 11.6 Å². The number of aliphatic hydroxyl groups is 2. The molecule has 0 aromatic rings. The van der Waals surface area contributed by atoms with E-state index in [1.807, 2.05) is 6.92 Å². The standard InChI is InChI=1S/C20H29ClO3/c1-18-7-6-14(22)17(21)16(18)15(23)10-11-12(18)4-8-19(2)13(11)5-9-20(19,3)24/h11-13,15,23-24H,4-10H2,1-3H3/t11-,12+,13+,15-,18-,19+,20+/m1/s1. The quantitative estimate of drug-likeness (QED) is 0.697. The summed E-state index contributed by atoms with van der Waals surface area (Å²) in [4.78, 5) is 12.1. The van der Waals surface area contributed by atoms with Gasteiger partial charge < -0.3 is 10.2 Å². The normalized spacial score (nSPS) is 54.3.